The molecule has 0 spiro atoms. The lowest BCUT2D eigenvalue weighted by Crippen LogP contribution is -2.28. The van der Waals surface area contributed by atoms with Crippen molar-refractivity contribution >= 4 is 0 Å². The van der Waals surface area contributed by atoms with Crippen LogP contribution in [0.3, 0.4) is 0 Å². The predicted molar refractivity (Wildman–Crippen MR) is 102 cm³/mol. The third-order valence-corrected chi connectivity index (χ3v) is 5.54. The smallest absolute Gasteiger partial charge is 0.00192 e. The maximum Gasteiger partial charge on any atom is -0.00192 e. The molecular weight excluding hydrogens is 266 g/mol. The van der Waals surface area contributed by atoms with Gasteiger partial charge in [0.05, 0.1) is 0 Å². The highest BCUT2D eigenvalue weighted by Crippen LogP contribution is 2.35. The van der Waals surface area contributed by atoms with Crippen LogP contribution in [0.5, 0.6) is 0 Å². The molecule has 0 N–H and O–H groups in total. The molecule has 0 aromatic carbocycles. The molecule has 0 aromatic rings. The molecule has 2 unspecified atom stereocenters. The predicted octanol–water partition coefficient (Wildman–Crippen LogP) is 6.62. The fourth-order valence-electron chi connectivity index (χ4n) is 4.08. The van der Waals surface area contributed by atoms with Crippen molar-refractivity contribution in [2.24, 2.45) is 23.7 Å². The number of hydrogen-bond acceptors (Lipinski definition) is 1. The summed E-state index contributed by atoms with van der Waals surface area (Å²) in [5, 5.41) is 0. The van der Waals surface area contributed by atoms with Gasteiger partial charge in [0.15, 0.2) is 0 Å². The van der Waals surface area contributed by atoms with Gasteiger partial charge in [-0.3, -0.25) is 0 Å². The normalized spacial score (nSPS) is 15.0. The largest absolute Gasteiger partial charge is 0.307 e. The topological polar surface area (TPSA) is 3.24 Å². The highest BCUT2D eigenvalue weighted by molar-refractivity contribution is 4.77. The van der Waals surface area contributed by atoms with Crippen LogP contribution in [0.4, 0.5) is 0 Å². The second-order valence-electron chi connectivity index (χ2n) is 7.82. The second kappa shape index (κ2) is 13.4. The Labute approximate surface area is 142 Å². The van der Waals surface area contributed by atoms with Gasteiger partial charge in [0, 0.05) is 0 Å². The number of nitrogens with zero attached hydrogens (tertiary/aromatic N) is 1. The lowest BCUT2D eigenvalue weighted by Gasteiger charge is -2.34. The van der Waals surface area contributed by atoms with Gasteiger partial charge in [-0.05, 0) is 56.7 Å². The molecule has 0 saturated carbocycles. The van der Waals surface area contributed by atoms with Crippen LogP contribution in [0.15, 0.2) is 0 Å². The lowest BCUT2D eigenvalue weighted by atomic mass is 9.73. The summed E-state index contributed by atoms with van der Waals surface area (Å²) in [6.07, 6.45) is 11.2. The highest BCUT2D eigenvalue weighted by atomic mass is 15.1. The molecule has 0 bridgehead atoms. The van der Waals surface area contributed by atoms with E-state index in [0.717, 1.165) is 23.7 Å². The zero-order valence-corrected chi connectivity index (χ0v) is 16.8. The van der Waals surface area contributed by atoms with Gasteiger partial charge >= 0.3 is 0 Å². The van der Waals surface area contributed by atoms with Crippen LogP contribution >= 0.6 is 0 Å². The van der Waals surface area contributed by atoms with E-state index in [1.54, 1.807) is 0 Å². The molecule has 0 aromatic heterocycles. The quantitative estimate of drug-likeness (QED) is 0.348. The van der Waals surface area contributed by atoms with Crippen molar-refractivity contribution in [3.8, 4) is 0 Å². The third-order valence-electron chi connectivity index (χ3n) is 5.54. The molecule has 0 radical (unpaired) electrons. The van der Waals surface area contributed by atoms with Gasteiger partial charge in [-0.25, -0.2) is 0 Å². The van der Waals surface area contributed by atoms with Crippen LogP contribution in [0.25, 0.3) is 0 Å². The second-order valence-corrected chi connectivity index (χ2v) is 7.82. The zero-order chi connectivity index (χ0) is 17.0. The first kappa shape index (κ1) is 22.0. The molecule has 0 rings (SSSR count). The Kier molecular flexibility index (Phi) is 13.4. The molecule has 0 saturated heterocycles. The van der Waals surface area contributed by atoms with Crippen molar-refractivity contribution in [3.05, 3.63) is 0 Å². The molecule has 22 heavy (non-hydrogen) atoms. The van der Waals surface area contributed by atoms with E-state index in [4.69, 9.17) is 0 Å². The molecule has 0 aliphatic rings. The fraction of sp³-hybridized carbons (Fsp3) is 1.00. The SMILES string of the molecule is CCCC(CCC)CC(C(C)C)C(CCC)CCN(C)CC. The Morgan fingerprint density at radius 3 is 1.73 bits per heavy atom. The van der Waals surface area contributed by atoms with Gasteiger partial charge in [0.1, 0.15) is 0 Å². The van der Waals surface area contributed by atoms with Crippen LogP contribution in [0.2, 0.25) is 0 Å². The van der Waals surface area contributed by atoms with E-state index in [9.17, 15) is 0 Å². The maximum absolute atomic E-state index is 2.48. The number of rotatable bonds is 14. The molecule has 0 amide bonds. The maximum atomic E-state index is 2.48. The molecule has 2 atom stereocenters. The van der Waals surface area contributed by atoms with E-state index in [-0.39, 0.29) is 0 Å². The molecule has 0 heterocycles. The molecule has 1 nitrogen and oxygen atoms in total. The Balaban J connectivity index is 4.79. The van der Waals surface area contributed by atoms with Gasteiger partial charge in [-0.1, -0.05) is 80.1 Å². The molecule has 0 fully saturated rings. The Hall–Kier alpha value is -0.0400. The van der Waals surface area contributed by atoms with E-state index in [0.29, 0.717) is 0 Å². The summed E-state index contributed by atoms with van der Waals surface area (Å²) in [6.45, 7) is 16.7. The molecule has 1 heteroatoms. The van der Waals surface area contributed by atoms with E-state index >= 15 is 0 Å². The van der Waals surface area contributed by atoms with Gasteiger partial charge in [-0.15, -0.1) is 0 Å². The minimum absolute atomic E-state index is 0.833. The first-order valence-electron chi connectivity index (χ1n) is 10.2. The van der Waals surface area contributed by atoms with Crippen LogP contribution in [0.1, 0.15) is 92.9 Å². The summed E-state index contributed by atoms with van der Waals surface area (Å²) < 4.78 is 0. The van der Waals surface area contributed by atoms with Gasteiger partial charge < -0.3 is 4.90 Å². The summed E-state index contributed by atoms with van der Waals surface area (Å²) in [5.74, 6) is 3.65. The highest BCUT2D eigenvalue weighted by Gasteiger charge is 2.26. The van der Waals surface area contributed by atoms with E-state index < -0.39 is 0 Å². The van der Waals surface area contributed by atoms with Crippen molar-refractivity contribution in [2.45, 2.75) is 92.9 Å². The van der Waals surface area contributed by atoms with E-state index in [1.807, 2.05) is 0 Å². The third kappa shape index (κ3) is 9.18. The minimum Gasteiger partial charge on any atom is -0.307 e. The van der Waals surface area contributed by atoms with Crippen LogP contribution < -0.4 is 0 Å². The lowest BCUT2D eigenvalue weighted by molar-refractivity contribution is 0.160. The van der Waals surface area contributed by atoms with Crippen molar-refractivity contribution in [3.63, 3.8) is 0 Å². The van der Waals surface area contributed by atoms with E-state index in [2.05, 4.69) is 53.5 Å². The van der Waals surface area contributed by atoms with Crippen molar-refractivity contribution < 1.29 is 0 Å². The molecule has 0 aliphatic carbocycles. The first-order valence-corrected chi connectivity index (χ1v) is 10.2. The average Bonchev–Trinajstić information content (AvgIpc) is 2.49. The Morgan fingerprint density at radius 2 is 1.32 bits per heavy atom. The van der Waals surface area contributed by atoms with Gasteiger partial charge in [-0.2, -0.15) is 0 Å². The van der Waals surface area contributed by atoms with Gasteiger partial charge in [0.2, 0.25) is 0 Å². The van der Waals surface area contributed by atoms with E-state index in [1.165, 1.54) is 64.5 Å². The van der Waals surface area contributed by atoms with Crippen molar-refractivity contribution in [1.29, 1.82) is 0 Å². The average molecular weight is 312 g/mol. The number of hydrogen-bond donors (Lipinski definition) is 0. The molecular formula is C21H45N. The molecule has 134 valence electrons. The Morgan fingerprint density at radius 1 is 0.773 bits per heavy atom. The Bertz CT molecular complexity index is 230. The summed E-state index contributed by atoms with van der Waals surface area (Å²) in [7, 11) is 2.27. The standard InChI is InChI=1S/C21H45N/c1-8-12-19(13-9-2)17-21(18(5)6)20(14-10-3)15-16-22(7)11-4/h18-21H,8-17H2,1-7H3. The summed E-state index contributed by atoms with van der Waals surface area (Å²) in [6, 6.07) is 0. The van der Waals surface area contributed by atoms with Crippen molar-refractivity contribution in [1.82, 2.24) is 4.90 Å². The minimum atomic E-state index is 0.833. The first-order chi connectivity index (χ1) is 10.5. The summed E-state index contributed by atoms with van der Waals surface area (Å²) >= 11 is 0. The van der Waals surface area contributed by atoms with Crippen LogP contribution in [-0.2, 0) is 0 Å². The monoisotopic (exact) mass is 311 g/mol. The van der Waals surface area contributed by atoms with Crippen LogP contribution in [0, 0.1) is 23.7 Å². The summed E-state index contributed by atoms with van der Waals surface area (Å²) in [5.41, 5.74) is 0. The van der Waals surface area contributed by atoms with Crippen molar-refractivity contribution in [2.75, 3.05) is 20.1 Å². The fourth-order valence-corrected chi connectivity index (χ4v) is 4.08. The van der Waals surface area contributed by atoms with Gasteiger partial charge in [0.25, 0.3) is 0 Å². The van der Waals surface area contributed by atoms with Crippen LogP contribution in [-0.4, -0.2) is 25.0 Å². The zero-order valence-electron chi connectivity index (χ0n) is 16.8. The molecule has 0 aliphatic heterocycles. The summed E-state index contributed by atoms with van der Waals surface area (Å²) in [4.78, 5) is 2.48.